The summed E-state index contributed by atoms with van der Waals surface area (Å²) in [6, 6.07) is 19.6. The Bertz CT molecular complexity index is 1960. The number of ether oxygens (including phenoxy) is 1. The van der Waals surface area contributed by atoms with Gasteiger partial charge in [0.2, 0.25) is 11.8 Å². The smallest absolute Gasteiger partial charge is 0.305 e. The summed E-state index contributed by atoms with van der Waals surface area (Å²) in [5, 5.41) is 4.66. The largest absolute Gasteiger partial charge is 0.483 e. The zero-order chi connectivity index (χ0) is 31.9. The Labute approximate surface area is 282 Å². The van der Waals surface area contributed by atoms with Gasteiger partial charge in [0.05, 0.1) is 22.5 Å². The summed E-state index contributed by atoms with van der Waals surface area (Å²) in [6.45, 7) is 1.75. The van der Waals surface area contributed by atoms with Gasteiger partial charge in [-0.05, 0) is 85.7 Å². The van der Waals surface area contributed by atoms with Gasteiger partial charge in [-0.2, -0.15) is 0 Å². The van der Waals surface area contributed by atoms with E-state index in [-0.39, 0.29) is 58.1 Å². The van der Waals surface area contributed by atoms with Crippen LogP contribution in [0.3, 0.4) is 0 Å². The Balaban J connectivity index is 1.14. The Morgan fingerprint density at radius 1 is 0.957 bits per heavy atom. The average molecular weight is 693 g/mol. The van der Waals surface area contributed by atoms with Crippen molar-refractivity contribution in [2.75, 3.05) is 16.8 Å². The number of aromatic amines is 1. The summed E-state index contributed by atoms with van der Waals surface area (Å²) in [5.41, 5.74) is 3.05. The molecule has 4 aromatic rings. The van der Waals surface area contributed by atoms with Crippen LogP contribution >= 0.6 is 46.3 Å². The Morgan fingerprint density at radius 2 is 1.65 bits per heavy atom. The van der Waals surface area contributed by atoms with Crippen LogP contribution in [0.1, 0.15) is 28.3 Å². The molecule has 234 valence electrons. The fourth-order valence-electron chi connectivity index (χ4n) is 8.08. The molecule has 3 aromatic carbocycles. The zero-order valence-corrected chi connectivity index (χ0v) is 27.5. The molecule has 1 saturated heterocycles. The molecule has 2 aliphatic carbocycles. The molecule has 3 fully saturated rings. The van der Waals surface area contributed by atoms with Crippen LogP contribution in [-0.4, -0.2) is 34.6 Å². The summed E-state index contributed by atoms with van der Waals surface area (Å²) in [7, 11) is 0. The number of aromatic nitrogens is 1. The first kappa shape index (κ1) is 29.8. The molecule has 2 bridgehead atoms. The third-order valence-corrected chi connectivity index (χ3v) is 12.9. The van der Waals surface area contributed by atoms with Crippen LogP contribution in [0, 0.1) is 36.5 Å². The molecule has 2 N–H and O–H groups in total. The number of halogens is 2. The number of benzene rings is 3. The number of nitrogens with zero attached hydrogens (tertiary/aromatic N) is 1. The van der Waals surface area contributed by atoms with Crippen molar-refractivity contribution in [3.8, 4) is 5.75 Å². The maximum Gasteiger partial charge on any atom is 0.305 e. The van der Waals surface area contributed by atoms with Crippen molar-refractivity contribution >= 4 is 75.4 Å². The van der Waals surface area contributed by atoms with Gasteiger partial charge in [-0.1, -0.05) is 52.2 Å². The number of H-pyrrole nitrogens is 1. The summed E-state index contributed by atoms with van der Waals surface area (Å²) >= 11 is 15.4. The van der Waals surface area contributed by atoms with E-state index in [0.29, 0.717) is 27.2 Å². The molecule has 3 amide bonds. The topological polar surface area (TPSA) is 109 Å². The van der Waals surface area contributed by atoms with E-state index in [1.165, 1.54) is 4.90 Å². The minimum absolute atomic E-state index is 0.00687. The summed E-state index contributed by atoms with van der Waals surface area (Å²) in [6.07, 6.45) is 0.745. The fraction of sp³-hybridized carbons (Fsp3) is 0.294. The van der Waals surface area contributed by atoms with Gasteiger partial charge in [-0.3, -0.25) is 24.1 Å². The zero-order valence-electron chi connectivity index (χ0n) is 24.4. The lowest BCUT2D eigenvalue weighted by atomic mass is 9.68. The highest BCUT2D eigenvalue weighted by molar-refractivity contribution is 8.00. The second-order valence-corrected chi connectivity index (χ2v) is 15.4. The number of thioether (sulfide) groups is 1. The van der Waals surface area contributed by atoms with Crippen molar-refractivity contribution in [2.24, 2.45) is 29.6 Å². The number of hydrogen-bond donors (Lipinski definition) is 2. The first-order valence-corrected chi connectivity index (χ1v) is 17.4. The van der Waals surface area contributed by atoms with Crippen molar-refractivity contribution < 1.29 is 19.1 Å². The third-order valence-electron chi connectivity index (χ3n) is 9.81. The van der Waals surface area contributed by atoms with Crippen LogP contribution in [-0.2, 0) is 14.4 Å². The number of carbonyl (C=O) groups is 3. The van der Waals surface area contributed by atoms with Crippen LogP contribution in [0.15, 0.2) is 76.6 Å². The van der Waals surface area contributed by atoms with Crippen molar-refractivity contribution in [3.05, 3.63) is 102 Å². The quantitative estimate of drug-likeness (QED) is 0.217. The molecule has 0 spiro atoms. The third kappa shape index (κ3) is 4.80. The van der Waals surface area contributed by atoms with Crippen molar-refractivity contribution in [1.29, 1.82) is 0 Å². The summed E-state index contributed by atoms with van der Waals surface area (Å²) in [4.78, 5) is 58.6. The molecule has 8 nitrogen and oxygen atoms in total. The highest BCUT2D eigenvalue weighted by Crippen LogP contribution is 2.69. The molecule has 12 heteroatoms. The van der Waals surface area contributed by atoms with Crippen LogP contribution in [0.2, 0.25) is 10.0 Å². The number of imide groups is 1. The van der Waals surface area contributed by atoms with Crippen LogP contribution in [0.5, 0.6) is 5.75 Å². The minimum atomic E-state index is -0.460. The first-order valence-electron chi connectivity index (χ1n) is 15.0. The minimum Gasteiger partial charge on any atom is -0.483 e. The molecular weight excluding hydrogens is 665 g/mol. The highest BCUT2D eigenvalue weighted by Gasteiger charge is 2.69. The van der Waals surface area contributed by atoms with E-state index in [2.05, 4.69) is 10.3 Å². The molecule has 2 saturated carbocycles. The predicted octanol–water partition coefficient (Wildman–Crippen LogP) is 6.75. The number of carbonyl (C=O) groups excluding carboxylic acids is 3. The number of aryl methyl sites for hydroxylation is 1. The van der Waals surface area contributed by atoms with Gasteiger partial charge in [0.25, 0.3) is 5.91 Å². The van der Waals surface area contributed by atoms with Crippen LogP contribution in [0.25, 0.3) is 0 Å². The lowest BCUT2D eigenvalue weighted by Gasteiger charge is -2.43. The van der Waals surface area contributed by atoms with E-state index >= 15 is 0 Å². The van der Waals surface area contributed by atoms with Crippen molar-refractivity contribution in [3.63, 3.8) is 0 Å². The van der Waals surface area contributed by atoms with Crippen LogP contribution < -0.4 is 19.8 Å². The average Bonchev–Trinajstić information content (AvgIpc) is 3.77. The molecule has 1 aromatic heterocycles. The number of anilines is 2. The molecule has 46 heavy (non-hydrogen) atoms. The van der Waals surface area contributed by atoms with Gasteiger partial charge < -0.3 is 15.0 Å². The van der Waals surface area contributed by atoms with Gasteiger partial charge in [0.15, 0.2) is 6.61 Å². The lowest BCUT2D eigenvalue weighted by molar-refractivity contribution is -0.123. The van der Waals surface area contributed by atoms with E-state index in [4.69, 9.17) is 27.9 Å². The number of nitrogens with one attached hydrogen (secondary N) is 2. The molecular formula is C34H27Cl2N3O5S2. The van der Waals surface area contributed by atoms with Crippen LogP contribution in [0.4, 0.5) is 11.4 Å². The maximum atomic E-state index is 14.0. The van der Waals surface area contributed by atoms with Gasteiger partial charge in [-0.25, -0.2) is 0 Å². The SMILES string of the molecule is Cc1ccc(NC(=O)COc2ccc(Cl)cc2[C@H]2c3sc(=O)[nH]c3SC3C4CC(C5C(=O)N(c6ccc(Cl)cc6)C(=O)C45)C32)cc1. The monoisotopic (exact) mass is 691 g/mol. The van der Waals surface area contributed by atoms with Gasteiger partial charge in [0, 0.05) is 37.3 Å². The van der Waals surface area contributed by atoms with E-state index in [0.717, 1.165) is 38.8 Å². The molecule has 7 atom stereocenters. The lowest BCUT2D eigenvalue weighted by Crippen LogP contribution is -2.42. The molecule has 3 heterocycles. The number of fused-ring (bicyclic) bond motifs is 9. The Kier molecular flexibility index (Phi) is 7.32. The molecule has 2 aliphatic heterocycles. The second-order valence-electron chi connectivity index (χ2n) is 12.3. The van der Waals surface area contributed by atoms with Gasteiger partial charge >= 0.3 is 4.87 Å². The van der Waals surface area contributed by atoms with Gasteiger partial charge in [0.1, 0.15) is 5.75 Å². The Morgan fingerprint density at radius 3 is 2.39 bits per heavy atom. The number of rotatable bonds is 6. The number of thiazole rings is 1. The van der Waals surface area contributed by atoms with E-state index in [1.54, 1.807) is 48.2 Å². The van der Waals surface area contributed by atoms with E-state index in [9.17, 15) is 19.2 Å². The first-order chi connectivity index (χ1) is 22.2. The second kappa shape index (κ2) is 11.3. The number of amides is 3. The molecule has 6 unspecified atom stereocenters. The maximum absolute atomic E-state index is 14.0. The number of hydrogen-bond acceptors (Lipinski definition) is 7. The molecule has 8 rings (SSSR count). The summed E-state index contributed by atoms with van der Waals surface area (Å²) < 4.78 is 6.16. The summed E-state index contributed by atoms with van der Waals surface area (Å²) in [5.74, 6) is -1.56. The Hall–Kier alpha value is -3.57. The van der Waals surface area contributed by atoms with Gasteiger partial charge in [-0.15, -0.1) is 11.8 Å². The highest BCUT2D eigenvalue weighted by atomic mass is 35.5. The van der Waals surface area contributed by atoms with E-state index in [1.807, 2.05) is 37.3 Å². The normalized spacial score (nSPS) is 27.4. The van der Waals surface area contributed by atoms with E-state index < -0.39 is 11.8 Å². The van der Waals surface area contributed by atoms with Crippen molar-refractivity contribution in [1.82, 2.24) is 4.98 Å². The molecule has 4 aliphatic rings. The predicted molar refractivity (Wildman–Crippen MR) is 179 cm³/mol. The molecule has 0 radical (unpaired) electrons. The fourth-order valence-corrected chi connectivity index (χ4v) is 11.3. The standard InChI is InChI=1S/C34H27Cl2N3O5S2/c1-15-2-7-18(8-3-15)37-24(40)14-44-23-11-6-17(36)12-20(23)25-26-21-13-22(29(26)45-31-30(25)46-34(43)38-31)28-27(21)32(41)39(33(28)42)19-9-4-16(35)5-10-19/h2-12,21-22,25-29H,13-14H2,1H3,(H,37,40)(H,38,43)/t21?,22?,25-,26?,27?,28?,29?/m1/s1. The van der Waals surface area contributed by atoms with Crippen molar-refractivity contribution in [2.45, 2.75) is 29.5 Å².